The molecule has 0 aliphatic rings. The van der Waals surface area contributed by atoms with Gasteiger partial charge in [-0.05, 0) is 48.0 Å². The summed E-state index contributed by atoms with van der Waals surface area (Å²) in [6.45, 7) is 0. The molecule has 0 saturated carbocycles. The predicted octanol–water partition coefficient (Wildman–Crippen LogP) is 9.08. The lowest BCUT2D eigenvalue weighted by Gasteiger charge is -2.11. The molecule has 4 heteroatoms. The van der Waals surface area contributed by atoms with E-state index in [1.165, 1.54) is 0 Å². The van der Waals surface area contributed by atoms with Gasteiger partial charge in [0.1, 0.15) is 5.52 Å². The van der Waals surface area contributed by atoms with Crippen LogP contribution in [0.25, 0.3) is 77.5 Å². The molecule has 0 saturated heterocycles. The van der Waals surface area contributed by atoms with Gasteiger partial charge in [-0.2, -0.15) is 0 Å². The molecule has 3 heterocycles. The number of hydrogen-bond acceptors (Lipinski definition) is 4. The Bertz CT molecular complexity index is 2160. The highest BCUT2D eigenvalue weighted by atomic mass is 16.3. The summed E-state index contributed by atoms with van der Waals surface area (Å²) in [6, 6.07) is 41.3. The second kappa shape index (κ2) is 8.61. The van der Waals surface area contributed by atoms with Gasteiger partial charge in [0.25, 0.3) is 0 Å². The van der Waals surface area contributed by atoms with E-state index in [-0.39, 0.29) is 0 Å². The summed E-state index contributed by atoms with van der Waals surface area (Å²) in [7, 11) is 0. The highest BCUT2D eigenvalue weighted by molar-refractivity contribution is 6.20. The Morgan fingerprint density at radius 2 is 1.26 bits per heavy atom. The van der Waals surface area contributed by atoms with Crippen molar-refractivity contribution in [3.63, 3.8) is 0 Å². The van der Waals surface area contributed by atoms with E-state index in [4.69, 9.17) is 14.4 Å². The van der Waals surface area contributed by atoms with Crippen LogP contribution in [0.4, 0.5) is 0 Å². The molecule has 0 aliphatic carbocycles. The molecule has 0 aliphatic heterocycles. The van der Waals surface area contributed by atoms with Crippen molar-refractivity contribution in [2.75, 3.05) is 0 Å². The van der Waals surface area contributed by atoms with Gasteiger partial charge in [0, 0.05) is 44.4 Å². The number of fused-ring (bicyclic) bond motifs is 6. The van der Waals surface area contributed by atoms with E-state index < -0.39 is 0 Å². The van der Waals surface area contributed by atoms with Crippen LogP contribution >= 0.6 is 0 Å². The molecule has 0 radical (unpaired) electrons. The zero-order valence-electron chi connectivity index (χ0n) is 20.9. The van der Waals surface area contributed by atoms with Gasteiger partial charge in [0.15, 0.2) is 5.58 Å². The summed E-state index contributed by atoms with van der Waals surface area (Å²) < 4.78 is 6.21. The first-order valence-corrected chi connectivity index (χ1v) is 12.9. The zero-order chi connectivity index (χ0) is 25.8. The molecule has 8 rings (SSSR count). The third kappa shape index (κ3) is 3.57. The van der Waals surface area contributed by atoms with E-state index in [9.17, 15) is 0 Å². The van der Waals surface area contributed by atoms with Crippen LogP contribution in [-0.4, -0.2) is 15.0 Å². The molecule has 39 heavy (non-hydrogen) atoms. The number of aromatic nitrogens is 3. The van der Waals surface area contributed by atoms with Gasteiger partial charge in [-0.3, -0.25) is 4.98 Å². The summed E-state index contributed by atoms with van der Waals surface area (Å²) in [5, 5.41) is 4.30. The van der Waals surface area contributed by atoms with Crippen LogP contribution in [0.2, 0.25) is 0 Å². The van der Waals surface area contributed by atoms with Gasteiger partial charge in [-0.15, -0.1) is 0 Å². The van der Waals surface area contributed by atoms with Gasteiger partial charge >= 0.3 is 0 Å². The molecule has 0 atom stereocenters. The second-order valence-electron chi connectivity index (χ2n) is 9.69. The highest BCUT2D eigenvalue weighted by Gasteiger charge is 2.17. The number of oxazole rings is 1. The first kappa shape index (κ1) is 21.7. The quantitative estimate of drug-likeness (QED) is 0.228. The minimum absolute atomic E-state index is 0.619. The Balaban J connectivity index is 1.31. The van der Waals surface area contributed by atoms with Gasteiger partial charge in [-0.1, -0.05) is 78.9 Å². The van der Waals surface area contributed by atoms with Gasteiger partial charge < -0.3 is 4.42 Å². The molecule has 0 N–H and O–H groups in total. The summed E-state index contributed by atoms with van der Waals surface area (Å²) in [5.41, 5.74) is 8.70. The standard InChI is InChI=1S/C35H21N3O/c1-2-8-24(9-3-1)35-38-34-31(39-35)19-18-28-32(34)27-11-5-7-13-30(27)37-33(28)23-16-14-22(15-17-23)26-20-25-10-4-6-12-29(25)36-21-26/h1-21H. The maximum Gasteiger partial charge on any atom is 0.227 e. The molecule has 0 bridgehead atoms. The van der Waals surface area contributed by atoms with Crippen molar-refractivity contribution in [2.45, 2.75) is 0 Å². The first-order valence-electron chi connectivity index (χ1n) is 12.9. The Hall–Kier alpha value is -5.35. The second-order valence-corrected chi connectivity index (χ2v) is 9.69. The summed E-state index contributed by atoms with van der Waals surface area (Å²) >= 11 is 0. The number of pyridine rings is 2. The molecule has 0 amide bonds. The lowest BCUT2D eigenvalue weighted by molar-refractivity contribution is 0.620. The number of rotatable bonds is 3. The molecule has 0 spiro atoms. The first-order chi connectivity index (χ1) is 19.3. The highest BCUT2D eigenvalue weighted by Crippen LogP contribution is 2.38. The summed E-state index contributed by atoms with van der Waals surface area (Å²) in [6.07, 6.45) is 1.94. The Morgan fingerprint density at radius 3 is 2.13 bits per heavy atom. The zero-order valence-corrected chi connectivity index (χ0v) is 20.9. The normalized spacial score (nSPS) is 11.6. The van der Waals surface area contributed by atoms with Crippen LogP contribution in [0.5, 0.6) is 0 Å². The fraction of sp³-hybridized carbons (Fsp3) is 0. The Morgan fingerprint density at radius 1 is 0.513 bits per heavy atom. The fourth-order valence-corrected chi connectivity index (χ4v) is 5.40. The summed E-state index contributed by atoms with van der Waals surface area (Å²) in [5.74, 6) is 0.619. The van der Waals surface area contributed by atoms with Crippen LogP contribution in [-0.2, 0) is 0 Å². The topological polar surface area (TPSA) is 51.8 Å². The SMILES string of the molecule is c1ccc(-c2nc3c(ccc4c(-c5ccc(-c6cnc7ccccc7c6)cc5)nc5ccccc5c43)o2)cc1. The Kier molecular flexibility index (Phi) is 4.79. The molecule has 4 nitrogen and oxygen atoms in total. The van der Waals surface area contributed by atoms with E-state index in [1.807, 2.05) is 72.9 Å². The molecular formula is C35H21N3O. The van der Waals surface area contributed by atoms with Gasteiger partial charge in [-0.25, -0.2) is 9.97 Å². The number of benzene rings is 5. The van der Waals surface area contributed by atoms with Crippen molar-refractivity contribution in [2.24, 2.45) is 0 Å². The average molecular weight is 500 g/mol. The van der Waals surface area contributed by atoms with E-state index in [1.54, 1.807) is 0 Å². The van der Waals surface area contributed by atoms with Crippen molar-refractivity contribution < 1.29 is 4.42 Å². The number of nitrogens with zero attached hydrogens (tertiary/aromatic N) is 3. The molecule has 5 aromatic carbocycles. The van der Waals surface area contributed by atoms with E-state index >= 15 is 0 Å². The third-order valence-corrected chi connectivity index (χ3v) is 7.32. The fourth-order valence-electron chi connectivity index (χ4n) is 5.40. The lowest BCUT2D eigenvalue weighted by atomic mass is 9.97. The van der Waals surface area contributed by atoms with Crippen LogP contribution in [0.3, 0.4) is 0 Å². The van der Waals surface area contributed by atoms with E-state index in [0.717, 1.165) is 71.6 Å². The minimum atomic E-state index is 0.619. The smallest absolute Gasteiger partial charge is 0.227 e. The summed E-state index contributed by atoms with van der Waals surface area (Å²) in [4.78, 5) is 14.7. The number of para-hydroxylation sites is 2. The molecule has 3 aromatic heterocycles. The van der Waals surface area contributed by atoms with Crippen LogP contribution in [0, 0.1) is 0 Å². The van der Waals surface area contributed by atoms with Gasteiger partial charge in [0.2, 0.25) is 5.89 Å². The minimum Gasteiger partial charge on any atom is -0.436 e. The van der Waals surface area contributed by atoms with Crippen molar-refractivity contribution in [1.29, 1.82) is 0 Å². The number of hydrogen-bond donors (Lipinski definition) is 0. The predicted molar refractivity (Wildman–Crippen MR) is 158 cm³/mol. The lowest BCUT2D eigenvalue weighted by Crippen LogP contribution is -1.91. The average Bonchev–Trinajstić information content (AvgIpc) is 3.46. The molecule has 0 fully saturated rings. The van der Waals surface area contributed by atoms with Crippen LogP contribution in [0.1, 0.15) is 0 Å². The monoisotopic (exact) mass is 499 g/mol. The maximum absolute atomic E-state index is 6.21. The molecular weight excluding hydrogens is 478 g/mol. The third-order valence-electron chi connectivity index (χ3n) is 7.32. The molecule has 8 aromatic rings. The van der Waals surface area contributed by atoms with Crippen LogP contribution < -0.4 is 0 Å². The molecule has 0 unspecified atom stereocenters. The largest absolute Gasteiger partial charge is 0.436 e. The van der Waals surface area contributed by atoms with E-state index in [2.05, 4.69) is 59.6 Å². The maximum atomic E-state index is 6.21. The van der Waals surface area contributed by atoms with Crippen molar-refractivity contribution in [1.82, 2.24) is 15.0 Å². The van der Waals surface area contributed by atoms with Crippen LogP contribution in [0.15, 0.2) is 132 Å². The van der Waals surface area contributed by atoms with Crippen molar-refractivity contribution >= 4 is 43.7 Å². The van der Waals surface area contributed by atoms with E-state index in [0.29, 0.717) is 5.89 Å². The van der Waals surface area contributed by atoms with Gasteiger partial charge in [0.05, 0.1) is 16.7 Å². The molecule has 182 valence electrons. The Labute approximate surface area is 224 Å². The van der Waals surface area contributed by atoms with Crippen molar-refractivity contribution in [3.8, 4) is 33.8 Å². The van der Waals surface area contributed by atoms with Crippen molar-refractivity contribution in [3.05, 3.63) is 128 Å².